The maximum Gasteiger partial charge on any atom is 0.438 e. The summed E-state index contributed by atoms with van der Waals surface area (Å²) in [5, 5.41) is 13.9. The van der Waals surface area contributed by atoms with Crippen molar-refractivity contribution in [2.75, 3.05) is 31.2 Å². The van der Waals surface area contributed by atoms with Crippen LogP contribution in [0.5, 0.6) is 0 Å². The molecule has 7 aromatic rings. The van der Waals surface area contributed by atoms with Crippen molar-refractivity contribution in [1.29, 1.82) is 0 Å². The predicted molar refractivity (Wildman–Crippen MR) is 255 cm³/mol. The third-order valence-corrected chi connectivity index (χ3v) is 18.4. The molecule has 0 radical (unpaired) electrons. The monoisotopic (exact) mass is 949 g/mol. The molecule has 0 bridgehead atoms. The van der Waals surface area contributed by atoms with Crippen molar-refractivity contribution in [2.24, 2.45) is 5.92 Å². The van der Waals surface area contributed by atoms with E-state index in [0.29, 0.717) is 88.2 Å². The molecule has 4 aromatic heterocycles. The number of fused-ring (bicyclic) bond motifs is 2. The van der Waals surface area contributed by atoms with Crippen LogP contribution in [0.3, 0.4) is 0 Å². The summed E-state index contributed by atoms with van der Waals surface area (Å²) >= 11 is 0. The molecule has 10 rings (SSSR count). The number of alkyl halides is 2. The maximum absolute atomic E-state index is 15.5. The molecule has 3 atom stereocenters. The summed E-state index contributed by atoms with van der Waals surface area (Å²) in [5.74, 6) is -3.86. The van der Waals surface area contributed by atoms with E-state index in [-0.39, 0.29) is 49.5 Å². The van der Waals surface area contributed by atoms with E-state index in [1.807, 2.05) is 73.3 Å². The van der Waals surface area contributed by atoms with E-state index in [1.165, 1.54) is 9.13 Å². The number of benzene rings is 3. The van der Waals surface area contributed by atoms with E-state index in [9.17, 15) is 22.9 Å². The molecule has 18 heteroatoms. The minimum atomic E-state index is -2.68. The lowest BCUT2D eigenvalue weighted by atomic mass is 9.82. The lowest BCUT2D eigenvalue weighted by molar-refractivity contribution is -0.0382. The number of halogens is 3. The zero-order valence-corrected chi connectivity index (χ0v) is 40.1. The highest BCUT2D eigenvalue weighted by atomic mass is 31.2. The standard InChI is InChI=1S/C50H55F3N9O5P/c1-8-68(66,9-2)40-13-11-36(26-37(40)54-7)59-18-19-60(48(59)65)44-42(35-22-28(3)41(51)29(4)23-35)56-61-21-20-58(31(6)43(44)61)45(63)39-25-34-24-33(32-14-16-49(52,53)17-15-32)10-12-38(34)62(39)50(27-30(50)5)46-55-47(64)67-57-46/h10-13,18-19,22-26,30-32,54H,8-9,14-17,20-21,27H2,1-7H3,(H,55,57,64)/t30-,31-,50-/m0/s1. The second kappa shape index (κ2) is 16.4. The number of hydrogen-bond acceptors (Lipinski definition) is 8. The Kier molecular flexibility index (Phi) is 11.0. The van der Waals surface area contributed by atoms with Gasteiger partial charge in [-0.25, -0.2) is 22.8 Å². The van der Waals surface area contributed by atoms with Crippen LogP contribution < -0.4 is 22.1 Å². The fourth-order valence-electron chi connectivity index (χ4n) is 11.1. The molecule has 3 aromatic carbocycles. The number of amides is 1. The largest absolute Gasteiger partial charge is 0.438 e. The Bertz CT molecular complexity index is 3300. The zero-order valence-electron chi connectivity index (χ0n) is 39.2. The molecule has 356 valence electrons. The fraction of sp³-hybridized carbons (Fsp3) is 0.420. The second-order valence-corrected chi connectivity index (χ2v) is 22.5. The molecule has 1 aliphatic heterocycles. The van der Waals surface area contributed by atoms with Gasteiger partial charge in [-0.15, -0.1) is 0 Å². The van der Waals surface area contributed by atoms with Crippen LogP contribution in [0.2, 0.25) is 0 Å². The molecule has 1 amide bonds. The van der Waals surface area contributed by atoms with Crippen LogP contribution in [0.4, 0.5) is 18.9 Å². The Morgan fingerprint density at radius 3 is 2.28 bits per heavy atom. The van der Waals surface area contributed by atoms with Crippen molar-refractivity contribution < 1.29 is 27.1 Å². The van der Waals surface area contributed by atoms with E-state index in [2.05, 4.69) is 15.5 Å². The van der Waals surface area contributed by atoms with E-state index >= 15 is 9.18 Å². The minimum absolute atomic E-state index is 0.0539. The average Bonchev–Trinajstić information content (AvgIpc) is 3.82. The number of H-pyrrole nitrogens is 1. The molecule has 0 saturated heterocycles. The van der Waals surface area contributed by atoms with Gasteiger partial charge in [0.2, 0.25) is 5.92 Å². The molecular formula is C50H55F3N9O5P. The molecule has 0 spiro atoms. The molecule has 3 aliphatic rings. The van der Waals surface area contributed by atoms with Gasteiger partial charge in [-0.05, 0) is 117 Å². The number of carbonyl (C=O) groups excluding carboxylic acids is 1. The van der Waals surface area contributed by atoms with Crippen molar-refractivity contribution in [3.63, 3.8) is 0 Å². The molecular weight excluding hydrogens is 895 g/mol. The first-order chi connectivity index (χ1) is 32.4. The summed E-state index contributed by atoms with van der Waals surface area (Å²) < 4.78 is 69.3. The van der Waals surface area contributed by atoms with Crippen LogP contribution in [-0.2, 0) is 16.6 Å². The van der Waals surface area contributed by atoms with Crippen molar-refractivity contribution in [2.45, 2.75) is 104 Å². The van der Waals surface area contributed by atoms with E-state index in [4.69, 9.17) is 9.62 Å². The van der Waals surface area contributed by atoms with Gasteiger partial charge in [0.1, 0.15) is 35.6 Å². The quantitative estimate of drug-likeness (QED) is 0.122. The summed E-state index contributed by atoms with van der Waals surface area (Å²) in [6, 6.07) is 15.9. The average molecular weight is 950 g/mol. The number of aryl methyl sites for hydroxylation is 2. The van der Waals surface area contributed by atoms with Crippen LogP contribution in [0.1, 0.15) is 110 Å². The van der Waals surface area contributed by atoms with Gasteiger partial charge in [-0.3, -0.25) is 28.1 Å². The maximum atomic E-state index is 15.5. The molecule has 2 N–H and O–H groups in total. The van der Waals surface area contributed by atoms with Crippen LogP contribution in [0, 0.1) is 25.6 Å². The number of aromatic amines is 1. The lowest BCUT2D eigenvalue weighted by Crippen LogP contribution is -2.43. The number of rotatable bonds is 11. The summed E-state index contributed by atoms with van der Waals surface area (Å²) in [5.41, 5.74) is 4.77. The van der Waals surface area contributed by atoms with Gasteiger partial charge in [0.25, 0.3) is 5.91 Å². The van der Waals surface area contributed by atoms with Crippen LogP contribution in [-0.4, -0.2) is 76.3 Å². The van der Waals surface area contributed by atoms with E-state index in [0.717, 1.165) is 21.8 Å². The second-order valence-electron chi connectivity index (χ2n) is 19.0. The van der Waals surface area contributed by atoms with Gasteiger partial charge in [-0.2, -0.15) is 5.10 Å². The van der Waals surface area contributed by atoms with Crippen LogP contribution in [0.25, 0.3) is 33.5 Å². The molecule has 14 nitrogen and oxygen atoms in total. The number of imidazole rings is 1. The molecule has 2 saturated carbocycles. The summed E-state index contributed by atoms with van der Waals surface area (Å²) in [7, 11) is -0.911. The van der Waals surface area contributed by atoms with Crippen molar-refractivity contribution in [1.82, 2.24) is 38.5 Å². The van der Waals surface area contributed by atoms with Crippen LogP contribution in [0.15, 0.2) is 81.1 Å². The first-order valence-corrected chi connectivity index (χ1v) is 25.5. The number of hydrogen-bond donors (Lipinski definition) is 2. The first kappa shape index (κ1) is 45.4. The van der Waals surface area contributed by atoms with E-state index in [1.54, 1.807) is 56.4 Å². The Hall–Kier alpha value is -6.35. The summed E-state index contributed by atoms with van der Waals surface area (Å²) in [4.78, 5) is 47.3. The highest BCUT2D eigenvalue weighted by molar-refractivity contribution is 7.71. The third-order valence-electron chi connectivity index (χ3n) is 15.1. The number of carbonyl (C=O) groups is 1. The van der Waals surface area contributed by atoms with Gasteiger partial charge in [0, 0.05) is 78.6 Å². The molecule has 2 fully saturated rings. The molecule has 68 heavy (non-hydrogen) atoms. The van der Waals surface area contributed by atoms with Gasteiger partial charge in [-0.1, -0.05) is 32.0 Å². The number of aromatic nitrogens is 7. The Labute approximate surface area is 390 Å². The van der Waals surface area contributed by atoms with Crippen molar-refractivity contribution in [3.8, 4) is 22.6 Å². The number of nitrogens with one attached hydrogen (secondary N) is 2. The lowest BCUT2D eigenvalue weighted by Gasteiger charge is -2.35. The van der Waals surface area contributed by atoms with Gasteiger partial charge in [0.05, 0.1) is 24.0 Å². The van der Waals surface area contributed by atoms with Crippen molar-refractivity contribution in [3.05, 3.63) is 128 Å². The number of nitrogens with zero attached hydrogens (tertiary/aromatic N) is 7. The van der Waals surface area contributed by atoms with E-state index < -0.39 is 36.1 Å². The highest BCUT2D eigenvalue weighted by Crippen LogP contribution is 2.56. The molecule has 0 unspecified atom stereocenters. The number of anilines is 1. The Balaban J connectivity index is 1.10. The summed E-state index contributed by atoms with van der Waals surface area (Å²) in [6.45, 7) is 11.6. The van der Waals surface area contributed by atoms with Gasteiger partial charge < -0.3 is 19.3 Å². The Morgan fingerprint density at radius 1 is 0.956 bits per heavy atom. The highest BCUT2D eigenvalue weighted by Gasteiger charge is 2.59. The predicted octanol–water partition coefficient (Wildman–Crippen LogP) is 9.24. The van der Waals surface area contributed by atoms with Gasteiger partial charge in [0.15, 0.2) is 5.82 Å². The Morgan fingerprint density at radius 2 is 1.65 bits per heavy atom. The third kappa shape index (κ3) is 7.13. The zero-order chi connectivity index (χ0) is 48.2. The smallest absolute Gasteiger partial charge is 0.387 e. The normalized spacial score (nSPS) is 20.5. The topological polar surface area (TPSA) is 158 Å². The van der Waals surface area contributed by atoms with Gasteiger partial charge >= 0.3 is 11.4 Å². The minimum Gasteiger partial charge on any atom is -0.387 e. The van der Waals surface area contributed by atoms with Crippen molar-refractivity contribution >= 4 is 34.9 Å². The SMILES string of the molecule is CCP(=O)(CC)c1ccc(-n2ccn(-c3c(-c4cc(C)c(F)c(C)c4)nn4c3[C@H](C)N(C(=O)c3cc5cc(C6CCC(F)(F)CC6)ccc5n3[C@@]3(c5noc(=O)[nH]5)C[C@@H]3C)CC4)c2=O)cc1NC. The molecule has 5 heterocycles. The summed E-state index contributed by atoms with van der Waals surface area (Å²) in [6.07, 6.45) is 5.22. The van der Waals surface area contributed by atoms with Crippen LogP contribution >= 0.6 is 7.14 Å². The molecule has 2 aliphatic carbocycles. The fourth-order valence-corrected chi connectivity index (χ4v) is 13.2. The first-order valence-electron chi connectivity index (χ1n) is 23.4.